The normalized spacial score (nSPS) is 9.30. The van der Waals surface area contributed by atoms with Gasteiger partial charge in [0.15, 0.2) is 0 Å². The summed E-state index contributed by atoms with van der Waals surface area (Å²) < 4.78 is 0. The molecule has 0 aromatic carbocycles. The van der Waals surface area contributed by atoms with Gasteiger partial charge in [-0.25, -0.2) is 10.5 Å². The predicted molar refractivity (Wildman–Crippen MR) is 30.9 cm³/mol. The van der Waals surface area contributed by atoms with Crippen molar-refractivity contribution < 1.29 is 9.63 Å². The molecule has 1 rings (SSSR count). The van der Waals surface area contributed by atoms with E-state index in [1.165, 1.54) is 13.4 Å². The Labute approximate surface area is 56.6 Å². The minimum Gasteiger partial charge on any atom is -0.277 e. The molecule has 0 atom stereocenters. The molecule has 1 aromatic heterocycles. The molecule has 0 unspecified atom stereocenters. The van der Waals surface area contributed by atoms with E-state index in [4.69, 9.17) is 0 Å². The second-order valence-electron chi connectivity index (χ2n) is 1.47. The molecule has 0 aliphatic rings. The second-order valence-corrected chi connectivity index (χ2v) is 1.47. The Balaban J connectivity index is 2.59. The Morgan fingerprint density at radius 2 is 2.70 bits per heavy atom. The van der Waals surface area contributed by atoms with Crippen molar-refractivity contribution in [3.63, 3.8) is 0 Å². The fraction of sp³-hybridized carbons (Fsp3) is 0.250. The Kier molecular flexibility index (Phi) is 1.96. The number of nitrogens with one attached hydrogen (secondary N) is 2. The van der Waals surface area contributed by atoms with Crippen molar-refractivity contribution in [2.24, 2.45) is 0 Å². The highest BCUT2D eigenvalue weighted by molar-refractivity contribution is 5.89. The van der Waals surface area contributed by atoms with E-state index >= 15 is 0 Å². The highest BCUT2D eigenvalue weighted by atomic mass is 16.6. The van der Waals surface area contributed by atoms with E-state index in [2.05, 4.69) is 25.5 Å². The van der Waals surface area contributed by atoms with Crippen molar-refractivity contribution in [2.45, 2.75) is 0 Å². The fourth-order valence-electron chi connectivity index (χ4n) is 0.456. The van der Waals surface area contributed by atoms with Crippen LogP contribution in [0.4, 0.5) is 0 Å². The maximum atomic E-state index is 10.7. The van der Waals surface area contributed by atoms with E-state index in [-0.39, 0.29) is 5.82 Å². The number of amides is 1. The number of aromatic amines is 1. The standard InChI is InChI=1S/C4H6N4O2/c1-10-8-4(9)3-5-2-6-7-3/h2H,1H3,(H,8,9)(H,5,6,7). The maximum Gasteiger partial charge on any atom is 0.312 e. The molecule has 0 bridgehead atoms. The maximum absolute atomic E-state index is 10.7. The van der Waals surface area contributed by atoms with Crippen molar-refractivity contribution in [1.29, 1.82) is 0 Å². The molecule has 1 heterocycles. The lowest BCUT2D eigenvalue weighted by Gasteiger charge is -1.94. The van der Waals surface area contributed by atoms with Gasteiger partial charge in [-0.2, -0.15) is 5.10 Å². The van der Waals surface area contributed by atoms with Gasteiger partial charge in [0, 0.05) is 0 Å². The molecule has 54 valence electrons. The SMILES string of the molecule is CONC(=O)c1ncn[nH]1. The van der Waals surface area contributed by atoms with Crippen molar-refractivity contribution >= 4 is 5.91 Å². The number of carbonyl (C=O) groups excluding carboxylic acids is 1. The van der Waals surface area contributed by atoms with Crippen molar-refractivity contribution in [1.82, 2.24) is 20.7 Å². The van der Waals surface area contributed by atoms with Gasteiger partial charge in [-0.15, -0.1) is 0 Å². The number of carbonyl (C=O) groups is 1. The van der Waals surface area contributed by atoms with Gasteiger partial charge in [0.1, 0.15) is 6.33 Å². The Morgan fingerprint density at radius 3 is 3.20 bits per heavy atom. The third-order valence-corrected chi connectivity index (χ3v) is 0.825. The number of hydrogen-bond donors (Lipinski definition) is 2. The van der Waals surface area contributed by atoms with Crippen LogP contribution in [0.3, 0.4) is 0 Å². The average molecular weight is 142 g/mol. The number of hydrogen-bond acceptors (Lipinski definition) is 4. The van der Waals surface area contributed by atoms with E-state index in [9.17, 15) is 4.79 Å². The lowest BCUT2D eigenvalue weighted by molar-refractivity contribution is 0.0527. The molecule has 1 amide bonds. The predicted octanol–water partition coefficient (Wildman–Crippen LogP) is -0.904. The van der Waals surface area contributed by atoms with Crippen LogP contribution in [0.25, 0.3) is 0 Å². The lowest BCUT2D eigenvalue weighted by atomic mass is 10.6. The number of rotatable bonds is 2. The van der Waals surface area contributed by atoms with Crippen LogP contribution in [0, 0.1) is 0 Å². The Bertz CT molecular complexity index is 207. The zero-order valence-corrected chi connectivity index (χ0v) is 5.29. The summed E-state index contributed by atoms with van der Waals surface area (Å²) in [7, 11) is 1.34. The summed E-state index contributed by atoms with van der Waals surface area (Å²) in [5.41, 5.74) is 2.08. The molecular weight excluding hydrogens is 136 g/mol. The van der Waals surface area contributed by atoms with Crippen LogP contribution in [0.2, 0.25) is 0 Å². The van der Waals surface area contributed by atoms with Crippen LogP contribution >= 0.6 is 0 Å². The summed E-state index contributed by atoms with van der Waals surface area (Å²) in [4.78, 5) is 18.7. The van der Waals surface area contributed by atoms with E-state index in [0.29, 0.717) is 0 Å². The zero-order chi connectivity index (χ0) is 7.40. The third-order valence-electron chi connectivity index (χ3n) is 0.825. The molecule has 1 aromatic rings. The minimum atomic E-state index is -0.444. The van der Waals surface area contributed by atoms with Crippen molar-refractivity contribution in [2.75, 3.05) is 7.11 Å². The van der Waals surface area contributed by atoms with Gasteiger partial charge in [-0.05, 0) is 0 Å². The third kappa shape index (κ3) is 1.29. The first-order chi connectivity index (χ1) is 4.84. The summed E-state index contributed by atoms with van der Waals surface area (Å²) in [6.07, 6.45) is 1.24. The molecule has 0 saturated heterocycles. The molecule has 10 heavy (non-hydrogen) atoms. The fourth-order valence-corrected chi connectivity index (χ4v) is 0.456. The Morgan fingerprint density at radius 1 is 1.90 bits per heavy atom. The Hall–Kier alpha value is -1.43. The number of nitrogens with zero attached hydrogens (tertiary/aromatic N) is 2. The average Bonchev–Trinajstić information content (AvgIpc) is 2.38. The smallest absolute Gasteiger partial charge is 0.277 e. The lowest BCUT2D eigenvalue weighted by Crippen LogP contribution is -2.22. The van der Waals surface area contributed by atoms with E-state index in [0.717, 1.165) is 0 Å². The molecule has 6 heteroatoms. The summed E-state index contributed by atoms with van der Waals surface area (Å²) in [5, 5.41) is 5.84. The first-order valence-electron chi connectivity index (χ1n) is 2.53. The molecule has 0 spiro atoms. The number of aromatic nitrogens is 3. The molecule has 6 nitrogen and oxygen atoms in total. The molecule has 0 radical (unpaired) electrons. The molecular formula is C4H6N4O2. The van der Waals surface area contributed by atoms with Crippen LogP contribution in [0.1, 0.15) is 10.6 Å². The monoisotopic (exact) mass is 142 g/mol. The van der Waals surface area contributed by atoms with Crippen LogP contribution in [-0.4, -0.2) is 28.2 Å². The van der Waals surface area contributed by atoms with Gasteiger partial charge in [0.25, 0.3) is 0 Å². The van der Waals surface area contributed by atoms with E-state index < -0.39 is 5.91 Å². The first-order valence-corrected chi connectivity index (χ1v) is 2.53. The van der Waals surface area contributed by atoms with Gasteiger partial charge in [0.2, 0.25) is 5.82 Å². The highest BCUT2D eigenvalue weighted by Crippen LogP contribution is 1.82. The number of hydroxylamine groups is 1. The molecule has 0 saturated carbocycles. The molecule has 0 aliphatic carbocycles. The number of H-pyrrole nitrogens is 1. The molecule has 2 N–H and O–H groups in total. The van der Waals surface area contributed by atoms with Gasteiger partial charge < -0.3 is 0 Å². The van der Waals surface area contributed by atoms with Crippen LogP contribution in [0.5, 0.6) is 0 Å². The zero-order valence-electron chi connectivity index (χ0n) is 5.29. The quantitative estimate of drug-likeness (QED) is 0.524. The van der Waals surface area contributed by atoms with Gasteiger partial charge in [0.05, 0.1) is 7.11 Å². The van der Waals surface area contributed by atoms with Crippen LogP contribution < -0.4 is 5.48 Å². The highest BCUT2D eigenvalue weighted by Gasteiger charge is 2.05. The van der Waals surface area contributed by atoms with E-state index in [1.54, 1.807) is 0 Å². The van der Waals surface area contributed by atoms with Gasteiger partial charge >= 0.3 is 5.91 Å². The molecule has 0 aliphatic heterocycles. The van der Waals surface area contributed by atoms with Crippen LogP contribution in [0.15, 0.2) is 6.33 Å². The van der Waals surface area contributed by atoms with Gasteiger partial charge in [-0.3, -0.25) is 14.7 Å². The summed E-state index contributed by atoms with van der Waals surface area (Å²) >= 11 is 0. The van der Waals surface area contributed by atoms with E-state index in [1.807, 2.05) is 0 Å². The minimum absolute atomic E-state index is 0.127. The van der Waals surface area contributed by atoms with Gasteiger partial charge in [-0.1, -0.05) is 0 Å². The van der Waals surface area contributed by atoms with Crippen molar-refractivity contribution in [3.8, 4) is 0 Å². The van der Waals surface area contributed by atoms with Crippen LogP contribution in [-0.2, 0) is 4.84 Å². The summed E-state index contributed by atoms with van der Waals surface area (Å²) in [5.74, 6) is -0.318. The topological polar surface area (TPSA) is 79.9 Å². The second kappa shape index (κ2) is 2.92. The molecule has 0 fully saturated rings. The largest absolute Gasteiger partial charge is 0.312 e. The summed E-state index contributed by atoms with van der Waals surface area (Å²) in [6.45, 7) is 0. The van der Waals surface area contributed by atoms with Crippen molar-refractivity contribution in [3.05, 3.63) is 12.2 Å². The first kappa shape index (κ1) is 6.69. The summed E-state index contributed by atoms with van der Waals surface area (Å²) in [6, 6.07) is 0.